The molecule has 0 saturated heterocycles. The van der Waals surface area contributed by atoms with E-state index in [9.17, 15) is 0 Å². The van der Waals surface area contributed by atoms with E-state index >= 15 is 0 Å². The van der Waals surface area contributed by atoms with E-state index in [-0.39, 0.29) is 6.04 Å². The van der Waals surface area contributed by atoms with Crippen molar-refractivity contribution < 1.29 is 4.52 Å². The Hall–Kier alpha value is -3.29. The van der Waals surface area contributed by atoms with E-state index < -0.39 is 0 Å². The van der Waals surface area contributed by atoms with Gasteiger partial charge in [-0.15, -0.1) is 11.3 Å². The zero-order valence-electron chi connectivity index (χ0n) is 18.7. The van der Waals surface area contributed by atoms with Crippen LogP contribution in [-0.2, 0) is 6.42 Å². The van der Waals surface area contributed by atoms with Crippen LogP contribution < -0.4 is 10.2 Å². The molecule has 0 fully saturated rings. The number of thiophene rings is 1. The topological polar surface area (TPSA) is 54.2 Å². The SMILES string of the molecule is CCc1ccc(N2C(=S)NC(c3ccc(C)cc3)C(c3nc(-c4cccs4)no3)=C2C)cc1. The van der Waals surface area contributed by atoms with Crippen LogP contribution in [-0.4, -0.2) is 15.3 Å². The van der Waals surface area contributed by atoms with Gasteiger partial charge in [0.2, 0.25) is 5.82 Å². The van der Waals surface area contributed by atoms with Gasteiger partial charge in [0.25, 0.3) is 5.89 Å². The Kier molecular flexibility index (Phi) is 5.83. The highest BCUT2D eigenvalue weighted by atomic mass is 32.1. The summed E-state index contributed by atoms with van der Waals surface area (Å²) in [5.74, 6) is 1.08. The van der Waals surface area contributed by atoms with Gasteiger partial charge in [-0.2, -0.15) is 4.98 Å². The molecule has 1 unspecified atom stereocenters. The molecule has 0 aliphatic carbocycles. The largest absolute Gasteiger partial charge is 0.351 e. The molecular weight excluding hydrogens is 448 g/mol. The fourth-order valence-electron chi connectivity index (χ4n) is 4.06. The van der Waals surface area contributed by atoms with Crippen LogP contribution >= 0.6 is 23.6 Å². The highest BCUT2D eigenvalue weighted by Gasteiger charge is 2.34. The lowest BCUT2D eigenvalue weighted by Gasteiger charge is -2.37. The molecule has 0 spiro atoms. The number of hydrogen-bond donors (Lipinski definition) is 1. The average molecular weight is 473 g/mol. The summed E-state index contributed by atoms with van der Waals surface area (Å²) in [5.41, 5.74) is 6.47. The van der Waals surface area contributed by atoms with E-state index in [1.807, 2.05) is 22.4 Å². The monoisotopic (exact) mass is 472 g/mol. The van der Waals surface area contributed by atoms with Crippen LogP contribution in [0.25, 0.3) is 16.3 Å². The average Bonchev–Trinajstić information content (AvgIpc) is 3.52. The molecule has 166 valence electrons. The Bertz CT molecular complexity index is 1310. The molecule has 5 rings (SSSR count). The van der Waals surface area contributed by atoms with Crippen molar-refractivity contribution in [3.8, 4) is 10.7 Å². The first-order chi connectivity index (χ1) is 16.0. The number of hydrogen-bond acceptors (Lipinski definition) is 5. The fourth-order valence-corrected chi connectivity index (χ4v) is 5.07. The molecule has 1 aliphatic rings. The van der Waals surface area contributed by atoms with Gasteiger partial charge in [0, 0.05) is 11.4 Å². The Balaban J connectivity index is 1.64. The fraction of sp³-hybridized carbons (Fsp3) is 0.192. The van der Waals surface area contributed by atoms with E-state index in [0.717, 1.165) is 33.8 Å². The summed E-state index contributed by atoms with van der Waals surface area (Å²) in [7, 11) is 0. The van der Waals surface area contributed by atoms with Gasteiger partial charge in [-0.25, -0.2) is 0 Å². The molecular formula is C26H24N4OS2. The highest BCUT2D eigenvalue weighted by molar-refractivity contribution is 7.80. The van der Waals surface area contributed by atoms with Crippen LogP contribution in [0, 0.1) is 6.92 Å². The predicted octanol–water partition coefficient (Wildman–Crippen LogP) is 6.54. The van der Waals surface area contributed by atoms with Crippen LogP contribution in [0.4, 0.5) is 5.69 Å². The molecule has 1 atom stereocenters. The highest BCUT2D eigenvalue weighted by Crippen LogP contribution is 2.39. The van der Waals surface area contributed by atoms with Gasteiger partial charge < -0.3 is 9.84 Å². The first-order valence-electron chi connectivity index (χ1n) is 10.9. The minimum Gasteiger partial charge on any atom is -0.351 e. The van der Waals surface area contributed by atoms with Crippen molar-refractivity contribution >= 4 is 39.9 Å². The molecule has 1 N–H and O–H groups in total. The molecule has 5 nitrogen and oxygen atoms in total. The summed E-state index contributed by atoms with van der Waals surface area (Å²) in [6.45, 7) is 6.29. The molecule has 2 aromatic carbocycles. The van der Waals surface area contributed by atoms with Crippen LogP contribution in [0.15, 0.2) is 76.3 Å². The van der Waals surface area contributed by atoms with Crippen LogP contribution in [0.1, 0.15) is 42.5 Å². The summed E-state index contributed by atoms with van der Waals surface area (Å²) in [4.78, 5) is 7.78. The third-order valence-electron chi connectivity index (χ3n) is 5.90. The lowest BCUT2D eigenvalue weighted by molar-refractivity contribution is 0.404. The van der Waals surface area contributed by atoms with Crippen molar-refractivity contribution in [2.75, 3.05) is 4.90 Å². The second-order valence-corrected chi connectivity index (χ2v) is 9.38. The zero-order chi connectivity index (χ0) is 22.9. The first kappa shape index (κ1) is 21.6. The van der Waals surface area contributed by atoms with Crippen molar-refractivity contribution in [1.29, 1.82) is 0 Å². The zero-order valence-corrected chi connectivity index (χ0v) is 20.3. The van der Waals surface area contributed by atoms with Crippen molar-refractivity contribution in [2.24, 2.45) is 0 Å². The molecule has 7 heteroatoms. The van der Waals surface area contributed by atoms with Crippen molar-refractivity contribution in [3.05, 3.63) is 94.3 Å². The van der Waals surface area contributed by atoms with Crippen molar-refractivity contribution in [1.82, 2.24) is 15.5 Å². The summed E-state index contributed by atoms with van der Waals surface area (Å²) >= 11 is 7.43. The van der Waals surface area contributed by atoms with E-state index in [0.29, 0.717) is 16.8 Å². The van der Waals surface area contributed by atoms with Gasteiger partial charge in [0.15, 0.2) is 5.11 Å². The van der Waals surface area contributed by atoms with E-state index in [4.69, 9.17) is 21.7 Å². The third kappa shape index (κ3) is 4.10. The van der Waals surface area contributed by atoms with E-state index in [2.05, 4.69) is 79.8 Å². The number of allylic oxidation sites excluding steroid dienone is 1. The summed E-state index contributed by atoms with van der Waals surface area (Å²) in [6.07, 6.45) is 0.992. The quantitative estimate of drug-likeness (QED) is 0.333. The Morgan fingerprint density at radius 1 is 1.06 bits per heavy atom. The van der Waals surface area contributed by atoms with Crippen LogP contribution in [0.2, 0.25) is 0 Å². The van der Waals surface area contributed by atoms with Gasteiger partial charge in [0.1, 0.15) is 0 Å². The van der Waals surface area contributed by atoms with Gasteiger partial charge in [-0.3, -0.25) is 4.90 Å². The molecule has 1 aliphatic heterocycles. The molecule has 4 aromatic rings. The van der Waals surface area contributed by atoms with Gasteiger partial charge >= 0.3 is 0 Å². The number of aryl methyl sites for hydroxylation is 2. The number of nitrogens with zero attached hydrogens (tertiary/aromatic N) is 3. The normalized spacial score (nSPS) is 16.3. The van der Waals surface area contributed by atoms with Crippen molar-refractivity contribution in [2.45, 2.75) is 33.2 Å². The summed E-state index contributed by atoms with van der Waals surface area (Å²) in [5, 5.41) is 10.4. The number of nitrogens with one attached hydrogen (secondary N) is 1. The van der Waals surface area contributed by atoms with Gasteiger partial charge in [-0.05, 0) is 67.2 Å². The van der Waals surface area contributed by atoms with Crippen LogP contribution in [0.3, 0.4) is 0 Å². The molecule has 0 bridgehead atoms. The number of aromatic nitrogens is 2. The van der Waals surface area contributed by atoms with Gasteiger partial charge in [-0.1, -0.05) is 60.1 Å². The second-order valence-electron chi connectivity index (χ2n) is 8.05. The van der Waals surface area contributed by atoms with E-state index in [1.54, 1.807) is 11.3 Å². The maximum atomic E-state index is 5.84. The summed E-state index contributed by atoms with van der Waals surface area (Å²) < 4.78 is 5.81. The Morgan fingerprint density at radius 3 is 2.48 bits per heavy atom. The molecule has 2 aromatic heterocycles. The Labute approximate surface area is 202 Å². The lowest BCUT2D eigenvalue weighted by Crippen LogP contribution is -2.46. The third-order valence-corrected chi connectivity index (χ3v) is 7.06. The smallest absolute Gasteiger partial charge is 0.258 e. The molecule has 0 amide bonds. The lowest BCUT2D eigenvalue weighted by atomic mass is 9.94. The molecule has 0 saturated carbocycles. The molecule has 33 heavy (non-hydrogen) atoms. The number of rotatable bonds is 5. The minimum atomic E-state index is -0.194. The first-order valence-corrected chi connectivity index (χ1v) is 12.2. The number of anilines is 1. The maximum Gasteiger partial charge on any atom is 0.258 e. The number of benzene rings is 2. The molecule has 3 heterocycles. The van der Waals surface area contributed by atoms with Gasteiger partial charge in [0.05, 0.1) is 16.5 Å². The summed E-state index contributed by atoms with van der Waals surface area (Å²) in [6, 6.07) is 20.7. The standard InChI is InChI=1S/C26H24N4OS2/c1-4-18-9-13-20(14-10-18)30-17(3)22(25-28-24(29-31-25)21-6-5-15-33-21)23(27-26(30)32)19-11-7-16(2)8-12-19/h5-15,23H,4H2,1-3H3,(H,27,32). The predicted molar refractivity (Wildman–Crippen MR) is 138 cm³/mol. The Morgan fingerprint density at radius 2 is 1.82 bits per heavy atom. The number of thiocarbonyl (C=S) groups is 1. The minimum absolute atomic E-state index is 0.194. The maximum absolute atomic E-state index is 5.84. The van der Waals surface area contributed by atoms with Crippen LogP contribution in [0.5, 0.6) is 0 Å². The second kappa shape index (κ2) is 8.92. The van der Waals surface area contributed by atoms with E-state index in [1.165, 1.54) is 11.1 Å². The van der Waals surface area contributed by atoms with Crippen molar-refractivity contribution in [3.63, 3.8) is 0 Å². The molecule has 0 radical (unpaired) electrons.